The maximum Gasteiger partial charge on any atom is 0.167 e. The van der Waals surface area contributed by atoms with Gasteiger partial charge < -0.3 is 0 Å². The second-order valence-corrected chi connectivity index (χ2v) is 5.91. The van der Waals surface area contributed by atoms with Gasteiger partial charge in [0.15, 0.2) is 5.78 Å². The van der Waals surface area contributed by atoms with Crippen LogP contribution in [0.2, 0.25) is 5.02 Å². The number of hydrogen-bond acceptors (Lipinski definition) is 2. The molecule has 1 aromatic rings. The molecule has 1 heterocycles. The molecule has 0 bridgehead atoms. The fraction of sp³-hybridized carbons (Fsp3) is 0.462. The van der Waals surface area contributed by atoms with E-state index >= 15 is 0 Å². The summed E-state index contributed by atoms with van der Waals surface area (Å²) in [5, 5.41) is 0.222. The molecule has 0 saturated carbocycles. The molecule has 4 heteroatoms. The van der Waals surface area contributed by atoms with Gasteiger partial charge in [-0.15, -0.1) is 0 Å². The van der Waals surface area contributed by atoms with E-state index in [4.69, 9.17) is 11.6 Å². The van der Waals surface area contributed by atoms with Gasteiger partial charge in [-0.25, -0.2) is 4.39 Å². The van der Waals surface area contributed by atoms with Gasteiger partial charge in [-0.05, 0) is 42.4 Å². The van der Waals surface area contributed by atoms with Crippen LogP contribution in [0.25, 0.3) is 0 Å². The normalized spacial score (nSPS) is 17.1. The summed E-state index contributed by atoms with van der Waals surface area (Å²) < 4.78 is 13.5. The van der Waals surface area contributed by atoms with E-state index in [1.54, 1.807) is 6.07 Å². The highest BCUT2D eigenvalue weighted by molar-refractivity contribution is 7.99. The average Bonchev–Trinajstić information content (AvgIpc) is 2.30. The van der Waals surface area contributed by atoms with Gasteiger partial charge in [0, 0.05) is 6.42 Å². The molecule has 1 aromatic carbocycles. The second kappa shape index (κ2) is 5.87. The smallest absolute Gasteiger partial charge is 0.167 e. The van der Waals surface area contributed by atoms with Crippen LogP contribution in [0, 0.1) is 11.7 Å². The van der Waals surface area contributed by atoms with Crippen LogP contribution in [0.4, 0.5) is 4.39 Å². The molecule has 0 spiro atoms. The molecule has 1 aliphatic heterocycles. The summed E-state index contributed by atoms with van der Waals surface area (Å²) in [6.07, 6.45) is 2.51. The predicted molar refractivity (Wildman–Crippen MR) is 70.4 cm³/mol. The third-order valence-electron chi connectivity index (χ3n) is 3.06. The Bertz CT molecular complexity index is 396. The van der Waals surface area contributed by atoms with Crippen LogP contribution in [0.5, 0.6) is 0 Å². The first-order valence-corrected chi connectivity index (χ1v) is 7.26. The number of hydrogen-bond donors (Lipinski definition) is 0. The molecule has 0 radical (unpaired) electrons. The molecule has 1 fully saturated rings. The van der Waals surface area contributed by atoms with Crippen LogP contribution >= 0.6 is 23.4 Å². The molecule has 0 amide bonds. The Kier molecular flexibility index (Phi) is 4.46. The summed E-state index contributed by atoms with van der Waals surface area (Å²) in [7, 11) is 0. The maximum absolute atomic E-state index is 13.5. The van der Waals surface area contributed by atoms with E-state index < -0.39 is 5.82 Å². The number of ketones is 1. The number of halogens is 2. The van der Waals surface area contributed by atoms with Crippen molar-refractivity contribution in [2.75, 3.05) is 11.5 Å². The van der Waals surface area contributed by atoms with Crippen LogP contribution in [-0.4, -0.2) is 17.3 Å². The van der Waals surface area contributed by atoms with Crippen molar-refractivity contribution in [2.24, 2.45) is 5.92 Å². The Morgan fingerprint density at radius 1 is 1.41 bits per heavy atom. The Labute approximate surface area is 110 Å². The lowest BCUT2D eigenvalue weighted by Crippen LogP contribution is -2.15. The Morgan fingerprint density at radius 2 is 2.12 bits per heavy atom. The Morgan fingerprint density at radius 3 is 2.76 bits per heavy atom. The van der Waals surface area contributed by atoms with E-state index in [9.17, 15) is 9.18 Å². The van der Waals surface area contributed by atoms with Crippen molar-refractivity contribution < 1.29 is 9.18 Å². The fourth-order valence-corrected chi connectivity index (χ4v) is 3.55. The van der Waals surface area contributed by atoms with E-state index in [0.717, 1.165) is 24.3 Å². The van der Waals surface area contributed by atoms with Crippen molar-refractivity contribution >= 4 is 29.1 Å². The molecule has 0 unspecified atom stereocenters. The van der Waals surface area contributed by atoms with Crippen molar-refractivity contribution in [1.82, 2.24) is 0 Å². The molecule has 0 atom stereocenters. The summed E-state index contributed by atoms with van der Waals surface area (Å²) in [6.45, 7) is 0. The van der Waals surface area contributed by atoms with Crippen LogP contribution in [-0.2, 0) is 0 Å². The third kappa shape index (κ3) is 3.23. The topological polar surface area (TPSA) is 17.1 Å². The van der Waals surface area contributed by atoms with E-state index in [1.807, 2.05) is 11.8 Å². The number of benzene rings is 1. The molecule has 0 aromatic heterocycles. The minimum Gasteiger partial charge on any atom is -0.294 e. The van der Waals surface area contributed by atoms with Gasteiger partial charge in [0.25, 0.3) is 0 Å². The number of carbonyl (C=O) groups excluding carboxylic acids is 1. The summed E-state index contributed by atoms with van der Waals surface area (Å²) >= 11 is 7.79. The molecule has 2 rings (SSSR count). The zero-order valence-electron chi connectivity index (χ0n) is 9.42. The fourth-order valence-electron chi connectivity index (χ4n) is 2.08. The Balaban J connectivity index is 2.08. The molecular formula is C13H14ClFOS. The van der Waals surface area contributed by atoms with Crippen molar-refractivity contribution in [3.05, 3.63) is 34.6 Å². The first-order valence-electron chi connectivity index (χ1n) is 5.73. The Hall–Kier alpha value is -0.540. The van der Waals surface area contributed by atoms with Crippen molar-refractivity contribution in [1.29, 1.82) is 0 Å². The molecule has 17 heavy (non-hydrogen) atoms. The van der Waals surface area contributed by atoms with Crippen LogP contribution in [0.1, 0.15) is 29.6 Å². The SMILES string of the molecule is O=C(CC1CCSCC1)c1c(F)cccc1Cl. The maximum atomic E-state index is 13.5. The standard InChI is InChI=1S/C13H14ClFOS/c14-10-2-1-3-11(15)13(10)12(16)8-9-4-6-17-7-5-9/h1-3,9H,4-8H2. The zero-order valence-corrected chi connectivity index (χ0v) is 11.0. The van der Waals surface area contributed by atoms with E-state index in [1.165, 1.54) is 12.1 Å². The van der Waals surface area contributed by atoms with Crippen molar-refractivity contribution in [3.63, 3.8) is 0 Å². The minimum atomic E-state index is -0.507. The molecule has 1 aliphatic rings. The van der Waals surface area contributed by atoms with Gasteiger partial charge in [-0.1, -0.05) is 17.7 Å². The summed E-state index contributed by atoms with van der Waals surface area (Å²) in [5.74, 6) is 1.92. The lowest BCUT2D eigenvalue weighted by Gasteiger charge is -2.20. The lowest BCUT2D eigenvalue weighted by atomic mass is 9.93. The van der Waals surface area contributed by atoms with Gasteiger partial charge in [0.05, 0.1) is 10.6 Å². The first kappa shape index (κ1) is 12.9. The monoisotopic (exact) mass is 272 g/mol. The number of rotatable bonds is 3. The molecule has 0 N–H and O–H groups in total. The largest absolute Gasteiger partial charge is 0.294 e. The molecule has 1 nitrogen and oxygen atoms in total. The van der Waals surface area contributed by atoms with Gasteiger partial charge in [-0.3, -0.25) is 4.79 Å². The molecular weight excluding hydrogens is 259 g/mol. The molecule has 92 valence electrons. The lowest BCUT2D eigenvalue weighted by molar-refractivity contribution is 0.0955. The zero-order chi connectivity index (χ0) is 12.3. The van der Waals surface area contributed by atoms with Crippen LogP contribution in [0.3, 0.4) is 0 Å². The molecule has 0 aliphatic carbocycles. The minimum absolute atomic E-state index is 0.0624. The van der Waals surface area contributed by atoms with Gasteiger partial charge in [0.2, 0.25) is 0 Å². The van der Waals surface area contributed by atoms with E-state index in [-0.39, 0.29) is 16.4 Å². The quantitative estimate of drug-likeness (QED) is 0.768. The number of thioether (sulfide) groups is 1. The van der Waals surface area contributed by atoms with Crippen molar-refractivity contribution in [3.8, 4) is 0 Å². The third-order valence-corrected chi connectivity index (χ3v) is 4.42. The average molecular weight is 273 g/mol. The predicted octanol–water partition coefficient (Wildman–Crippen LogP) is 4.20. The summed E-state index contributed by atoms with van der Waals surface area (Å²) in [4.78, 5) is 12.0. The number of carbonyl (C=O) groups is 1. The highest BCUT2D eigenvalue weighted by Gasteiger charge is 2.21. The van der Waals surface area contributed by atoms with Crippen LogP contribution in [0.15, 0.2) is 18.2 Å². The van der Waals surface area contributed by atoms with Crippen molar-refractivity contribution in [2.45, 2.75) is 19.3 Å². The van der Waals surface area contributed by atoms with Crippen LogP contribution < -0.4 is 0 Å². The highest BCUT2D eigenvalue weighted by atomic mass is 35.5. The second-order valence-electron chi connectivity index (χ2n) is 4.28. The summed E-state index contributed by atoms with van der Waals surface area (Å²) in [5.41, 5.74) is 0.0624. The van der Waals surface area contributed by atoms with E-state index in [2.05, 4.69) is 0 Å². The summed E-state index contributed by atoms with van der Waals surface area (Å²) in [6, 6.07) is 4.37. The van der Waals surface area contributed by atoms with Gasteiger partial charge in [0.1, 0.15) is 5.82 Å². The van der Waals surface area contributed by atoms with Gasteiger partial charge in [-0.2, -0.15) is 11.8 Å². The highest BCUT2D eigenvalue weighted by Crippen LogP contribution is 2.28. The molecule has 1 saturated heterocycles. The first-order chi connectivity index (χ1) is 8.18. The number of Topliss-reactive ketones (excluding diaryl/α,β-unsaturated/α-hetero) is 1. The van der Waals surface area contributed by atoms with E-state index in [0.29, 0.717) is 12.3 Å². The van der Waals surface area contributed by atoms with Gasteiger partial charge >= 0.3 is 0 Å².